The second kappa shape index (κ2) is 26.5. The number of fused-ring (bicyclic) bond motifs is 10. The molecule has 0 saturated heterocycles. The average Bonchev–Trinajstić information content (AvgIpc) is 1.72. The number of allylic oxidation sites excluding steroid dienone is 6. The summed E-state index contributed by atoms with van der Waals surface area (Å²) in [5, 5.41) is 9.86. The summed E-state index contributed by atoms with van der Waals surface area (Å²) in [5.41, 5.74) is 6.62. The molecule has 16 atom stereocenters. The first-order valence-corrected chi connectivity index (χ1v) is 47.4. The zero-order valence-electron chi connectivity index (χ0n) is 62.3. The van der Waals surface area contributed by atoms with Crippen molar-refractivity contribution in [2.75, 3.05) is 13.2 Å². The van der Waals surface area contributed by atoms with Gasteiger partial charge in [0.2, 0.25) is 0 Å². The standard InChI is InChI=1S/C40H72O5Si2.C35H62O5Si2/c1-16-29(17-2)43-36(41)26-42-27(3)32-20-21-33-31-19-18-28-24-30(44-46(12,13)37(4,5)6)25-35(45-47(14,15)38(7,8)9)40(28,11)34(31)22-23-39(32,33)10;1-23(38-22-31(36)37)27-16-17-28-26-15-14-24-20-25(39-41(10,11)32(2,3)4)21-30(40-42(12,13)33(5,6)7)35(24,9)29(26)18-19-34(27,28)8/h18-19,27,29-30,32-35H,16-17,20-26H2,1-15H3;14-15,23,25,27-30H,16-22H2,1-13H3,(H,36,37)/t27-,30+,32+,33?,34?,35-,39+,40-;23-,25+,27+,28?,29?,30-,34+,35-/m00/s1. The first-order valence-electron chi connectivity index (χ1n) is 35.7. The third-order valence-electron chi connectivity index (χ3n) is 27.6. The molecule has 0 bridgehead atoms. The molecule has 8 rings (SSSR count). The molecule has 1 N–H and O–H groups in total. The number of hydrogen-bond donors (Lipinski definition) is 1. The maximum atomic E-state index is 12.6. The zero-order chi connectivity index (χ0) is 67.1. The summed E-state index contributed by atoms with van der Waals surface area (Å²) in [6.07, 6.45) is 25.6. The maximum Gasteiger partial charge on any atom is 0.332 e. The quantitative estimate of drug-likeness (QED) is 0.0989. The summed E-state index contributed by atoms with van der Waals surface area (Å²) in [5.74, 6) is 1.74. The Hall–Kier alpha value is -1.47. The highest BCUT2D eigenvalue weighted by molar-refractivity contribution is 6.75. The van der Waals surface area contributed by atoms with Crippen molar-refractivity contribution >= 4 is 45.2 Å². The van der Waals surface area contributed by atoms with Crippen molar-refractivity contribution < 1.29 is 46.6 Å². The van der Waals surface area contributed by atoms with Crippen LogP contribution in [-0.2, 0) is 41.5 Å². The number of esters is 1. The van der Waals surface area contributed by atoms with Crippen LogP contribution in [0.3, 0.4) is 0 Å². The van der Waals surface area contributed by atoms with Gasteiger partial charge in [0.05, 0.1) is 36.6 Å². The van der Waals surface area contributed by atoms with Gasteiger partial charge in [0.15, 0.2) is 33.3 Å². The predicted octanol–water partition coefficient (Wildman–Crippen LogP) is 20.4. The van der Waals surface area contributed by atoms with E-state index in [9.17, 15) is 14.7 Å². The molecule has 6 fully saturated rings. The van der Waals surface area contributed by atoms with Crippen LogP contribution in [0.5, 0.6) is 0 Å². The van der Waals surface area contributed by atoms with E-state index in [0.717, 1.165) is 70.6 Å². The van der Waals surface area contributed by atoms with Crippen molar-refractivity contribution in [2.45, 2.75) is 344 Å². The molecule has 0 aromatic heterocycles. The molecular weight excluding hydrogens is 1170 g/mol. The first kappa shape index (κ1) is 74.9. The van der Waals surface area contributed by atoms with Crippen molar-refractivity contribution in [1.29, 1.82) is 0 Å². The lowest BCUT2D eigenvalue weighted by molar-refractivity contribution is -0.158. The third kappa shape index (κ3) is 14.8. The van der Waals surface area contributed by atoms with Crippen LogP contribution in [0.4, 0.5) is 0 Å². The Morgan fingerprint density at radius 3 is 1.17 bits per heavy atom. The van der Waals surface area contributed by atoms with E-state index in [0.29, 0.717) is 35.5 Å². The number of carbonyl (C=O) groups is 2. The summed E-state index contributed by atoms with van der Waals surface area (Å²) < 4.78 is 47.1. The molecule has 0 aromatic carbocycles. The monoisotopic (exact) mass is 1310 g/mol. The normalized spacial score (nSPS) is 35.0. The molecule has 0 aliphatic heterocycles. The molecule has 10 nitrogen and oxygen atoms in total. The van der Waals surface area contributed by atoms with E-state index in [1.54, 1.807) is 16.7 Å². The lowest BCUT2D eigenvalue weighted by Gasteiger charge is -2.59. The second-order valence-electron chi connectivity index (χ2n) is 36.9. The zero-order valence-corrected chi connectivity index (χ0v) is 66.3. The Morgan fingerprint density at radius 2 is 0.843 bits per heavy atom. The summed E-state index contributed by atoms with van der Waals surface area (Å²) in [6.45, 7) is 65.8. The summed E-state index contributed by atoms with van der Waals surface area (Å²) >= 11 is 0. The predicted molar refractivity (Wildman–Crippen MR) is 378 cm³/mol. The van der Waals surface area contributed by atoms with E-state index in [2.05, 4.69) is 215 Å². The van der Waals surface area contributed by atoms with Crippen molar-refractivity contribution in [3.8, 4) is 0 Å². The highest BCUT2D eigenvalue weighted by Crippen LogP contribution is 2.69. The second-order valence-corrected chi connectivity index (χ2v) is 55.9. The van der Waals surface area contributed by atoms with Crippen LogP contribution < -0.4 is 0 Å². The van der Waals surface area contributed by atoms with Gasteiger partial charge in [-0.2, -0.15) is 0 Å². The SMILES string of the molecule is CCC(CC)OC(=O)CO[C@@H](C)[C@H]1CCC2C3=CC=C4C[C@@H](O[Si](C)(C)C(C)(C)C)C[C@H](O[Si](C)(C)C(C)(C)C)[C@]4(C)C3CC[C@@]21C.C[C@H](OCC(=O)O)[C@H]1CCC2C3=CC=C4C[C@@H](O[Si](C)(C)C(C)(C)C)C[C@H](O[Si](C)(C)C(C)(C)C)[C@]4(C)C3CC[C@@]21C. The topological polar surface area (TPSA) is 119 Å². The first-order chi connectivity index (χ1) is 40.6. The van der Waals surface area contributed by atoms with E-state index in [1.807, 2.05) is 0 Å². The minimum atomic E-state index is -2.04. The molecule has 0 aromatic rings. The van der Waals surface area contributed by atoms with Crippen molar-refractivity contribution in [2.24, 2.45) is 57.2 Å². The van der Waals surface area contributed by atoms with Crippen LogP contribution >= 0.6 is 0 Å². The largest absolute Gasteiger partial charge is 0.480 e. The molecular formula is C75H134O10Si4. The molecule has 0 radical (unpaired) electrons. The average molecular weight is 1310 g/mol. The molecule has 8 aliphatic rings. The van der Waals surface area contributed by atoms with Gasteiger partial charge in [0.1, 0.15) is 19.3 Å². The Bertz CT molecular complexity index is 2640. The molecule has 14 heteroatoms. The molecule has 6 saturated carbocycles. The van der Waals surface area contributed by atoms with Crippen molar-refractivity contribution in [3.63, 3.8) is 0 Å². The molecule has 0 amide bonds. The van der Waals surface area contributed by atoms with Crippen LogP contribution in [0, 0.1) is 57.2 Å². The Labute approximate surface area is 549 Å². The minimum Gasteiger partial charge on any atom is -0.480 e. The number of rotatable bonds is 19. The van der Waals surface area contributed by atoms with Gasteiger partial charge in [0, 0.05) is 10.8 Å². The smallest absolute Gasteiger partial charge is 0.332 e. The third-order valence-corrected chi connectivity index (χ3v) is 45.7. The van der Waals surface area contributed by atoms with Crippen molar-refractivity contribution in [1.82, 2.24) is 0 Å². The molecule has 8 aliphatic carbocycles. The highest BCUT2D eigenvalue weighted by Gasteiger charge is 2.63. The number of ether oxygens (including phenoxy) is 3. The van der Waals surface area contributed by atoms with Gasteiger partial charge in [-0.25, -0.2) is 9.59 Å². The van der Waals surface area contributed by atoms with Gasteiger partial charge in [-0.3, -0.25) is 0 Å². The van der Waals surface area contributed by atoms with Crippen LogP contribution in [0.1, 0.15) is 228 Å². The van der Waals surface area contributed by atoms with Crippen LogP contribution in [0.2, 0.25) is 72.5 Å². The number of carboxylic acids is 1. The van der Waals surface area contributed by atoms with Gasteiger partial charge in [-0.1, -0.05) is 171 Å². The number of hydrogen-bond acceptors (Lipinski definition) is 9. The van der Waals surface area contributed by atoms with Gasteiger partial charge in [0.25, 0.3) is 0 Å². The Kier molecular flexibility index (Phi) is 22.3. The van der Waals surface area contributed by atoms with E-state index in [1.165, 1.54) is 24.8 Å². The fourth-order valence-corrected chi connectivity index (χ4v) is 23.3. The van der Waals surface area contributed by atoms with E-state index < -0.39 is 39.2 Å². The van der Waals surface area contributed by atoms with Crippen LogP contribution in [-0.4, -0.2) is 106 Å². The minimum absolute atomic E-state index is 0.0132. The lowest BCUT2D eigenvalue weighted by atomic mass is 9.49. The van der Waals surface area contributed by atoms with Crippen LogP contribution in [0.25, 0.3) is 0 Å². The molecule has 0 spiro atoms. The fraction of sp³-hybridized carbons (Fsp3) is 0.867. The van der Waals surface area contributed by atoms with Gasteiger partial charge >= 0.3 is 11.9 Å². The number of carbonyl (C=O) groups excluding carboxylic acids is 1. The Balaban J connectivity index is 0.000000255. The van der Waals surface area contributed by atoms with Gasteiger partial charge in [-0.05, 0) is 223 Å². The lowest BCUT2D eigenvalue weighted by Crippen LogP contribution is -2.58. The Morgan fingerprint density at radius 1 is 0.506 bits per heavy atom. The van der Waals surface area contributed by atoms with Crippen LogP contribution in [0.15, 0.2) is 46.6 Å². The van der Waals surface area contributed by atoms with E-state index >= 15 is 0 Å². The molecule has 89 heavy (non-hydrogen) atoms. The molecule has 0 heterocycles. The number of carboxylic acid groups (broad SMARTS) is 1. The summed E-state index contributed by atoms with van der Waals surface area (Å²) in [7, 11) is -7.94. The molecule has 4 unspecified atom stereocenters. The van der Waals surface area contributed by atoms with Gasteiger partial charge in [-0.15, -0.1) is 0 Å². The van der Waals surface area contributed by atoms with E-state index in [-0.39, 0.29) is 104 Å². The summed E-state index contributed by atoms with van der Waals surface area (Å²) in [6, 6.07) is 0. The molecule has 510 valence electrons. The maximum absolute atomic E-state index is 12.6. The highest BCUT2D eigenvalue weighted by atomic mass is 28.4. The van der Waals surface area contributed by atoms with Crippen molar-refractivity contribution in [3.05, 3.63) is 46.6 Å². The van der Waals surface area contributed by atoms with E-state index in [4.69, 9.17) is 31.9 Å². The number of aliphatic carboxylic acids is 1. The fourth-order valence-electron chi connectivity index (χ4n) is 17.7. The van der Waals surface area contributed by atoms with Gasteiger partial charge < -0.3 is 37.0 Å². The summed E-state index contributed by atoms with van der Waals surface area (Å²) in [4.78, 5) is 23.8.